The summed E-state index contributed by atoms with van der Waals surface area (Å²) in [5, 5.41) is 34.3. The van der Waals surface area contributed by atoms with Gasteiger partial charge in [0.05, 0.1) is 0 Å². The van der Waals surface area contributed by atoms with E-state index in [1.807, 2.05) is 12.1 Å². The molecule has 40 heavy (non-hydrogen) atoms. The molecule has 0 aliphatic rings. The van der Waals surface area contributed by atoms with Crippen molar-refractivity contribution in [3.8, 4) is 11.5 Å². The molecule has 0 radical (unpaired) electrons. The van der Waals surface area contributed by atoms with Crippen molar-refractivity contribution in [2.75, 3.05) is 10.6 Å². The molecule has 0 heterocycles. The summed E-state index contributed by atoms with van der Waals surface area (Å²) >= 11 is 10.6. The zero-order valence-corrected chi connectivity index (χ0v) is 22.4. The van der Waals surface area contributed by atoms with E-state index in [0.29, 0.717) is 33.3 Å². The number of aromatic hydroxyl groups is 2. The quantitative estimate of drug-likeness (QED) is 0.154. The lowest BCUT2D eigenvalue weighted by Gasteiger charge is -2.13. The molecule has 5 rings (SSSR count). The first kappa shape index (κ1) is 26.5. The van der Waals surface area contributed by atoms with E-state index < -0.39 is 11.8 Å². The summed E-state index contributed by atoms with van der Waals surface area (Å²) in [5.74, 6) is -0.621. The maximum absolute atomic E-state index is 12.7. The fourth-order valence-electron chi connectivity index (χ4n) is 4.24. The fourth-order valence-corrected chi connectivity index (χ4v) is 4.64. The predicted octanol–water partition coefficient (Wildman–Crippen LogP) is 5.66. The van der Waals surface area contributed by atoms with Crippen LogP contribution in [-0.2, 0) is 0 Å². The molecule has 10 heteroatoms. The van der Waals surface area contributed by atoms with E-state index >= 15 is 0 Å². The van der Waals surface area contributed by atoms with Crippen LogP contribution in [0.25, 0.3) is 21.5 Å². The molecular weight excluding hydrogens is 544 g/mol. The van der Waals surface area contributed by atoms with Gasteiger partial charge in [0.25, 0.3) is 11.8 Å². The maximum atomic E-state index is 12.7. The summed E-state index contributed by atoms with van der Waals surface area (Å²) in [6.07, 6.45) is 0. The molecule has 0 bridgehead atoms. The van der Waals surface area contributed by atoms with Crippen LogP contribution in [0.4, 0.5) is 11.4 Å². The van der Waals surface area contributed by atoms with Crippen LogP contribution in [0, 0.1) is 0 Å². The highest BCUT2D eigenvalue weighted by Gasteiger charge is 2.13. The molecule has 0 saturated heterocycles. The largest absolute Gasteiger partial charge is 0.507 e. The Morgan fingerprint density at radius 2 is 0.850 bits per heavy atom. The summed E-state index contributed by atoms with van der Waals surface area (Å²) in [7, 11) is 0. The van der Waals surface area contributed by atoms with Crippen molar-refractivity contribution < 1.29 is 19.8 Å². The summed E-state index contributed by atoms with van der Waals surface area (Å²) in [6.45, 7) is 0. The van der Waals surface area contributed by atoms with Gasteiger partial charge in [-0.25, -0.2) is 0 Å². The minimum absolute atomic E-state index is 0.0841. The van der Waals surface area contributed by atoms with E-state index in [2.05, 4.69) is 21.3 Å². The van der Waals surface area contributed by atoms with Gasteiger partial charge in [-0.1, -0.05) is 48.5 Å². The van der Waals surface area contributed by atoms with Crippen molar-refractivity contribution in [2.45, 2.75) is 0 Å². The van der Waals surface area contributed by atoms with Gasteiger partial charge in [0.15, 0.2) is 10.2 Å². The first-order valence-corrected chi connectivity index (χ1v) is 12.9. The van der Waals surface area contributed by atoms with Gasteiger partial charge in [-0.2, -0.15) is 0 Å². The van der Waals surface area contributed by atoms with Crippen molar-refractivity contribution >= 4 is 79.4 Å². The van der Waals surface area contributed by atoms with Crippen molar-refractivity contribution in [3.63, 3.8) is 0 Å². The van der Waals surface area contributed by atoms with Crippen LogP contribution in [0.2, 0.25) is 0 Å². The van der Waals surface area contributed by atoms with Crippen molar-refractivity contribution in [1.29, 1.82) is 0 Å². The zero-order chi connectivity index (χ0) is 28.2. The van der Waals surface area contributed by atoms with Gasteiger partial charge in [-0.15, -0.1) is 0 Å². The summed E-state index contributed by atoms with van der Waals surface area (Å²) in [5.41, 5.74) is 1.87. The van der Waals surface area contributed by atoms with Gasteiger partial charge in [0.2, 0.25) is 0 Å². The second-order valence-corrected chi connectivity index (χ2v) is 9.57. The van der Waals surface area contributed by atoms with Gasteiger partial charge < -0.3 is 20.8 Å². The topological polar surface area (TPSA) is 123 Å². The van der Waals surface area contributed by atoms with Gasteiger partial charge in [-0.05, 0) is 73.0 Å². The molecule has 6 N–H and O–H groups in total. The average Bonchev–Trinajstić information content (AvgIpc) is 2.94. The van der Waals surface area contributed by atoms with Crippen LogP contribution >= 0.6 is 24.4 Å². The first-order chi connectivity index (χ1) is 19.3. The molecule has 5 aromatic carbocycles. The van der Waals surface area contributed by atoms with E-state index in [-0.39, 0.29) is 21.7 Å². The molecule has 0 aromatic heterocycles. The highest BCUT2D eigenvalue weighted by molar-refractivity contribution is 7.80. The lowest BCUT2D eigenvalue weighted by atomic mass is 10.1. The van der Waals surface area contributed by atoms with E-state index in [1.165, 1.54) is 24.3 Å². The molecule has 0 saturated carbocycles. The second kappa shape index (κ2) is 11.4. The van der Waals surface area contributed by atoms with Crippen LogP contribution < -0.4 is 21.3 Å². The monoisotopic (exact) mass is 566 g/mol. The normalized spacial score (nSPS) is 10.6. The summed E-state index contributed by atoms with van der Waals surface area (Å²) in [6, 6.07) is 27.0. The Balaban J connectivity index is 1.19. The maximum Gasteiger partial charge on any atom is 0.257 e. The number of hydrogen-bond acceptors (Lipinski definition) is 6. The number of carbonyl (C=O) groups excluding carboxylic acids is 2. The molecule has 0 aliphatic heterocycles. The number of benzene rings is 5. The Bertz CT molecular complexity index is 1670. The number of nitrogens with one attached hydrogen (secondary N) is 4. The molecule has 8 nitrogen and oxygen atoms in total. The summed E-state index contributed by atoms with van der Waals surface area (Å²) < 4.78 is 0. The zero-order valence-electron chi connectivity index (χ0n) is 20.8. The Morgan fingerprint density at radius 1 is 0.500 bits per heavy atom. The number of rotatable bonds is 4. The molecule has 0 unspecified atom stereocenters. The lowest BCUT2D eigenvalue weighted by Crippen LogP contribution is -2.35. The number of fused-ring (bicyclic) bond motifs is 2. The fraction of sp³-hybridized carbons (Fsp3) is 0. The number of hydrogen-bond donors (Lipinski definition) is 6. The second-order valence-electron chi connectivity index (χ2n) is 8.75. The van der Waals surface area contributed by atoms with Crippen LogP contribution in [0.5, 0.6) is 11.5 Å². The number of phenolic OH excluding ortho intramolecular Hbond substituents is 2. The predicted molar refractivity (Wildman–Crippen MR) is 165 cm³/mol. The van der Waals surface area contributed by atoms with Crippen LogP contribution in [0.1, 0.15) is 20.7 Å². The number of amides is 2. The van der Waals surface area contributed by atoms with Crippen LogP contribution in [0.15, 0.2) is 97.1 Å². The molecule has 0 fully saturated rings. The number of thiocarbonyl (C=S) groups is 2. The third kappa shape index (κ3) is 5.68. The number of phenols is 2. The molecule has 5 aromatic rings. The van der Waals surface area contributed by atoms with Gasteiger partial charge >= 0.3 is 0 Å². The van der Waals surface area contributed by atoms with Crippen LogP contribution in [0.3, 0.4) is 0 Å². The third-order valence-electron chi connectivity index (χ3n) is 6.16. The van der Waals surface area contributed by atoms with Crippen LogP contribution in [-0.4, -0.2) is 32.3 Å². The smallest absolute Gasteiger partial charge is 0.257 e. The number of carbonyl (C=O) groups is 2. The Morgan fingerprint density at radius 3 is 1.25 bits per heavy atom. The Kier molecular flexibility index (Phi) is 7.54. The van der Waals surface area contributed by atoms with Crippen molar-refractivity contribution in [1.82, 2.24) is 10.6 Å². The first-order valence-electron chi connectivity index (χ1n) is 12.1. The molecular formula is C30H22N4O4S2. The average molecular weight is 567 g/mol. The minimum atomic E-state index is -0.455. The van der Waals surface area contributed by atoms with E-state index in [4.69, 9.17) is 24.4 Å². The SMILES string of the molecule is O=C(NC(=S)Nc1cccc2c(O)cccc12)c1ccc(C(=O)NC(=S)Nc2cccc3c(O)cccc23)cc1. The molecule has 0 spiro atoms. The van der Waals surface area contributed by atoms with Gasteiger partial charge in [0, 0.05) is 44.0 Å². The molecule has 198 valence electrons. The highest BCUT2D eigenvalue weighted by Crippen LogP contribution is 2.30. The van der Waals surface area contributed by atoms with Crippen molar-refractivity contribution in [3.05, 3.63) is 108 Å². The van der Waals surface area contributed by atoms with Gasteiger partial charge in [-0.3, -0.25) is 20.2 Å². The molecule has 2 amide bonds. The van der Waals surface area contributed by atoms with E-state index in [9.17, 15) is 19.8 Å². The highest BCUT2D eigenvalue weighted by atomic mass is 32.1. The van der Waals surface area contributed by atoms with E-state index in [0.717, 1.165) is 10.8 Å². The molecule has 0 atom stereocenters. The third-order valence-corrected chi connectivity index (χ3v) is 6.57. The molecule has 0 aliphatic carbocycles. The van der Waals surface area contributed by atoms with Gasteiger partial charge in [0.1, 0.15) is 11.5 Å². The van der Waals surface area contributed by atoms with E-state index in [1.54, 1.807) is 60.7 Å². The summed E-state index contributed by atoms with van der Waals surface area (Å²) in [4.78, 5) is 25.5. The standard InChI is InChI=1S/C30H22N4O4S2/c35-25-11-3-5-19-21(25)7-1-9-23(19)31-29(39)33-27(37)17-13-15-18(16-14-17)28(38)34-30(40)32-24-10-2-8-22-20(24)6-4-12-26(22)36/h1-16,35-36H,(H2,31,33,37,39)(H2,32,34,38,40). The lowest BCUT2D eigenvalue weighted by molar-refractivity contribution is 0.0965. The Labute approximate surface area is 239 Å². The minimum Gasteiger partial charge on any atom is -0.507 e. The van der Waals surface area contributed by atoms with Crippen molar-refractivity contribution in [2.24, 2.45) is 0 Å². The Hall–Kier alpha value is -5.06. The number of anilines is 2.